The molecule has 0 atom stereocenters. The number of aromatic nitrogens is 1. The molecule has 0 bridgehead atoms. The highest BCUT2D eigenvalue weighted by Crippen LogP contribution is 2.30. The minimum atomic E-state index is -4.43. The van der Waals surface area contributed by atoms with Crippen molar-refractivity contribution in [2.75, 3.05) is 20.3 Å². The van der Waals surface area contributed by atoms with Gasteiger partial charge in [-0.3, -0.25) is 14.9 Å². The average molecular weight is 489 g/mol. The van der Waals surface area contributed by atoms with Crippen molar-refractivity contribution in [2.24, 2.45) is 0 Å². The Hall–Kier alpha value is -3.66. The van der Waals surface area contributed by atoms with Crippen LogP contribution in [0.1, 0.15) is 39.2 Å². The molecule has 0 N–H and O–H groups in total. The SMILES string of the molecule is COCCCN(Cc1cccn1Cc1cccc(C(F)(F)F)c1)C(=O)c1ccc(C)c([N+](=O)[O-])c1. The number of ether oxygens (including phenoxy) is 1. The summed E-state index contributed by atoms with van der Waals surface area (Å²) in [5, 5.41) is 11.3. The number of benzene rings is 2. The van der Waals surface area contributed by atoms with Crippen molar-refractivity contribution in [1.29, 1.82) is 0 Å². The third-order valence-corrected chi connectivity index (χ3v) is 5.60. The summed E-state index contributed by atoms with van der Waals surface area (Å²) in [6.45, 7) is 2.73. The summed E-state index contributed by atoms with van der Waals surface area (Å²) in [5.74, 6) is -0.379. The molecule has 7 nitrogen and oxygen atoms in total. The number of aryl methyl sites for hydroxylation is 1. The summed E-state index contributed by atoms with van der Waals surface area (Å²) in [6, 6.07) is 13.0. The van der Waals surface area contributed by atoms with Crippen LogP contribution in [0.25, 0.3) is 0 Å². The fraction of sp³-hybridized carbons (Fsp3) is 0.320. The maximum atomic E-state index is 13.3. The van der Waals surface area contributed by atoms with Crippen LogP contribution in [-0.4, -0.2) is 40.6 Å². The van der Waals surface area contributed by atoms with Gasteiger partial charge in [0.05, 0.1) is 17.0 Å². The van der Waals surface area contributed by atoms with Crippen molar-refractivity contribution >= 4 is 11.6 Å². The number of hydrogen-bond acceptors (Lipinski definition) is 4. The Labute approximate surface area is 200 Å². The molecule has 0 aliphatic carbocycles. The van der Waals surface area contributed by atoms with Gasteiger partial charge in [0.15, 0.2) is 0 Å². The van der Waals surface area contributed by atoms with Crippen molar-refractivity contribution in [2.45, 2.75) is 32.6 Å². The Balaban J connectivity index is 1.85. The van der Waals surface area contributed by atoms with Crippen molar-refractivity contribution < 1.29 is 27.6 Å². The largest absolute Gasteiger partial charge is 0.416 e. The molecule has 3 rings (SSSR count). The zero-order valence-corrected chi connectivity index (χ0v) is 19.4. The van der Waals surface area contributed by atoms with Crippen LogP contribution in [0.15, 0.2) is 60.8 Å². The van der Waals surface area contributed by atoms with Gasteiger partial charge in [-0.1, -0.05) is 18.2 Å². The van der Waals surface area contributed by atoms with E-state index in [1.807, 2.05) is 0 Å². The van der Waals surface area contributed by atoms with E-state index in [9.17, 15) is 28.1 Å². The van der Waals surface area contributed by atoms with Crippen LogP contribution >= 0.6 is 0 Å². The van der Waals surface area contributed by atoms with E-state index in [0.717, 1.165) is 17.8 Å². The van der Waals surface area contributed by atoms with E-state index in [1.54, 1.807) is 54.0 Å². The van der Waals surface area contributed by atoms with Gasteiger partial charge in [-0.05, 0) is 49.2 Å². The number of alkyl halides is 3. The number of carbonyl (C=O) groups excluding carboxylic acids is 1. The van der Waals surface area contributed by atoms with E-state index in [1.165, 1.54) is 18.2 Å². The molecular formula is C25H26F3N3O4. The Morgan fingerprint density at radius 3 is 2.60 bits per heavy atom. The van der Waals surface area contributed by atoms with Crippen molar-refractivity contribution in [3.05, 3.63) is 98.9 Å². The zero-order chi connectivity index (χ0) is 25.6. The smallest absolute Gasteiger partial charge is 0.385 e. The lowest BCUT2D eigenvalue weighted by Crippen LogP contribution is -2.33. The summed E-state index contributed by atoms with van der Waals surface area (Å²) in [6.07, 6.45) is -2.15. The van der Waals surface area contributed by atoms with E-state index in [4.69, 9.17) is 4.74 Å². The Morgan fingerprint density at radius 1 is 1.14 bits per heavy atom. The Morgan fingerprint density at radius 2 is 1.91 bits per heavy atom. The Bertz CT molecular complexity index is 1190. The molecule has 1 amide bonds. The van der Waals surface area contributed by atoms with Crippen LogP contribution in [-0.2, 0) is 24.0 Å². The number of halogens is 3. The molecule has 2 aromatic carbocycles. The molecule has 10 heteroatoms. The predicted molar refractivity (Wildman–Crippen MR) is 124 cm³/mol. The lowest BCUT2D eigenvalue weighted by Gasteiger charge is -2.24. The minimum Gasteiger partial charge on any atom is -0.385 e. The van der Waals surface area contributed by atoms with Gasteiger partial charge in [0.25, 0.3) is 11.6 Å². The highest BCUT2D eigenvalue weighted by Gasteiger charge is 2.30. The van der Waals surface area contributed by atoms with Crippen LogP contribution in [0, 0.1) is 17.0 Å². The second kappa shape index (κ2) is 11.2. The summed E-state index contributed by atoms with van der Waals surface area (Å²) < 4.78 is 46.2. The minimum absolute atomic E-state index is 0.138. The molecule has 0 saturated carbocycles. The third kappa shape index (κ3) is 6.69. The first-order valence-electron chi connectivity index (χ1n) is 10.9. The van der Waals surface area contributed by atoms with Gasteiger partial charge < -0.3 is 14.2 Å². The molecule has 3 aromatic rings. The van der Waals surface area contributed by atoms with E-state index in [-0.39, 0.29) is 30.2 Å². The maximum absolute atomic E-state index is 13.3. The summed E-state index contributed by atoms with van der Waals surface area (Å²) in [7, 11) is 1.55. The zero-order valence-electron chi connectivity index (χ0n) is 19.4. The van der Waals surface area contributed by atoms with E-state index in [2.05, 4.69) is 0 Å². The molecule has 1 aromatic heterocycles. The lowest BCUT2D eigenvalue weighted by atomic mass is 10.1. The lowest BCUT2D eigenvalue weighted by molar-refractivity contribution is -0.385. The van der Waals surface area contributed by atoms with Gasteiger partial charge in [-0.25, -0.2) is 0 Å². The maximum Gasteiger partial charge on any atom is 0.416 e. The number of hydrogen-bond donors (Lipinski definition) is 0. The first-order chi connectivity index (χ1) is 16.6. The van der Waals surface area contributed by atoms with Gasteiger partial charge in [-0.15, -0.1) is 0 Å². The summed E-state index contributed by atoms with van der Waals surface area (Å²) >= 11 is 0. The van der Waals surface area contributed by atoms with Gasteiger partial charge in [-0.2, -0.15) is 13.2 Å². The fourth-order valence-corrected chi connectivity index (χ4v) is 3.76. The van der Waals surface area contributed by atoms with Crippen LogP contribution in [0.2, 0.25) is 0 Å². The molecule has 35 heavy (non-hydrogen) atoms. The van der Waals surface area contributed by atoms with Crippen LogP contribution in [0.5, 0.6) is 0 Å². The summed E-state index contributed by atoms with van der Waals surface area (Å²) in [5.41, 5.74) is 0.975. The highest BCUT2D eigenvalue weighted by atomic mass is 19.4. The normalized spacial score (nSPS) is 11.5. The number of nitro groups is 1. The molecular weight excluding hydrogens is 463 g/mol. The molecule has 0 radical (unpaired) electrons. The van der Waals surface area contributed by atoms with Crippen molar-refractivity contribution in [3.8, 4) is 0 Å². The van der Waals surface area contributed by atoms with Gasteiger partial charge >= 0.3 is 6.18 Å². The van der Waals surface area contributed by atoms with Crippen molar-refractivity contribution in [1.82, 2.24) is 9.47 Å². The number of rotatable bonds is 10. The monoisotopic (exact) mass is 489 g/mol. The third-order valence-electron chi connectivity index (χ3n) is 5.60. The van der Waals surface area contributed by atoms with Gasteiger partial charge in [0.2, 0.25) is 0 Å². The summed E-state index contributed by atoms with van der Waals surface area (Å²) in [4.78, 5) is 25.7. The topological polar surface area (TPSA) is 77.6 Å². The number of nitro benzene ring substituents is 1. The number of nitrogens with zero attached hydrogens (tertiary/aromatic N) is 3. The predicted octanol–water partition coefficient (Wildman–Crippen LogP) is 5.45. The second-order valence-corrected chi connectivity index (χ2v) is 8.16. The molecule has 0 aliphatic heterocycles. The Kier molecular flexibility index (Phi) is 8.29. The molecule has 186 valence electrons. The first-order valence-corrected chi connectivity index (χ1v) is 10.9. The number of carbonyl (C=O) groups is 1. The second-order valence-electron chi connectivity index (χ2n) is 8.16. The highest BCUT2D eigenvalue weighted by molar-refractivity contribution is 5.95. The van der Waals surface area contributed by atoms with E-state index in [0.29, 0.717) is 30.7 Å². The molecule has 0 aliphatic rings. The molecule has 0 fully saturated rings. The standard InChI is InChI=1S/C25H26F3N3O4/c1-18-9-10-20(15-23(18)31(33)34)24(32)30(12-5-13-35-2)17-22-8-4-11-29(22)16-19-6-3-7-21(14-19)25(26,27)28/h3-4,6-11,14-15H,5,12-13,16-17H2,1-2H3. The quantitative estimate of drug-likeness (QED) is 0.216. The fourth-order valence-electron chi connectivity index (χ4n) is 3.76. The van der Waals surface area contributed by atoms with Crippen LogP contribution in [0.3, 0.4) is 0 Å². The first kappa shape index (κ1) is 26.0. The van der Waals surface area contributed by atoms with E-state index < -0.39 is 16.7 Å². The van der Waals surface area contributed by atoms with Crippen LogP contribution < -0.4 is 0 Å². The number of amides is 1. The molecule has 0 unspecified atom stereocenters. The van der Waals surface area contributed by atoms with Crippen molar-refractivity contribution in [3.63, 3.8) is 0 Å². The molecule has 1 heterocycles. The van der Waals surface area contributed by atoms with Gasteiger partial charge in [0.1, 0.15) is 0 Å². The van der Waals surface area contributed by atoms with E-state index >= 15 is 0 Å². The number of methoxy groups -OCH3 is 1. The molecule has 0 saturated heterocycles. The molecule has 0 spiro atoms. The van der Waals surface area contributed by atoms with Crippen LogP contribution in [0.4, 0.5) is 18.9 Å². The van der Waals surface area contributed by atoms with Gasteiger partial charge in [0, 0.05) is 55.9 Å². The average Bonchev–Trinajstić information content (AvgIpc) is 3.24.